The standard InChI is InChI=1S/C26H26IN4OP/c1-20(32-33-27)26-29-14-18-31(26)15-2-3-21-4-6-22(7-5-21)23-8-10-24(11-9-23)25-12-16-30(19-25)17-13-28/h4-11,14,18,20,25,33H,12,15-17,19H2,1H3. The van der Waals surface area contributed by atoms with Gasteiger partial charge in [0.25, 0.3) is 0 Å². The van der Waals surface area contributed by atoms with E-state index in [1.807, 2.05) is 17.7 Å². The van der Waals surface area contributed by atoms with E-state index < -0.39 is 0 Å². The molecule has 2 aromatic carbocycles. The van der Waals surface area contributed by atoms with Crippen LogP contribution in [0.4, 0.5) is 0 Å². The van der Waals surface area contributed by atoms with Crippen LogP contribution in [0, 0.1) is 23.2 Å². The van der Waals surface area contributed by atoms with Gasteiger partial charge in [0, 0.05) is 24.5 Å². The van der Waals surface area contributed by atoms with Crippen molar-refractivity contribution in [2.75, 3.05) is 19.6 Å². The Morgan fingerprint density at radius 2 is 1.88 bits per heavy atom. The highest BCUT2D eigenvalue weighted by molar-refractivity contribution is 14.2. The van der Waals surface area contributed by atoms with E-state index in [9.17, 15) is 0 Å². The summed E-state index contributed by atoms with van der Waals surface area (Å²) in [5.41, 5.74) is 4.75. The number of halogens is 1. The lowest BCUT2D eigenvalue weighted by Crippen LogP contribution is -2.20. The molecule has 5 nitrogen and oxygen atoms in total. The smallest absolute Gasteiger partial charge is 0.138 e. The third kappa shape index (κ3) is 6.22. The highest BCUT2D eigenvalue weighted by Gasteiger charge is 2.23. The molecule has 3 atom stereocenters. The van der Waals surface area contributed by atoms with Gasteiger partial charge < -0.3 is 9.09 Å². The maximum absolute atomic E-state index is 8.90. The van der Waals surface area contributed by atoms with E-state index in [4.69, 9.17) is 9.79 Å². The lowest BCUT2D eigenvalue weighted by molar-refractivity contribution is 0.251. The van der Waals surface area contributed by atoms with Crippen LogP contribution < -0.4 is 0 Å². The van der Waals surface area contributed by atoms with E-state index in [2.05, 4.69) is 98.4 Å². The third-order valence-electron chi connectivity index (χ3n) is 5.98. The van der Waals surface area contributed by atoms with Crippen molar-refractivity contribution in [3.8, 4) is 29.0 Å². The zero-order chi connectivity index (χ0) is 23.0. The second-order valence-electron chi connectivity index (χ2n) is 8.13. The number of nitrogens with zero attached hydrogens (tertiary/aromatic N) is 4. The molecular formula is C26H26IN4OP. The van der Waals surface area contributed by atoms with Gasteiger partial charge in [0.15, 0.2) is 0 Å². The summed E-state index contributed by atoms with van der Waals surface area (Å²) in [7, 11) is 0. The van der Waals surface area contributed by atoms with E-state index in [-0.39, 0.29) is 6.10 Å². The minimum atomic E-state index is -0.0344. The first-order valence-corrected chi connectivity index (χ1v) is 15.0. The van der Waals surface area contributed by atoms with Gasteiger partial charge >= 0.3 is 0 Å². The Kier molecular flexibility index (Phi) is 8.53. The van der Waals surface area contributed by atoms with Crippen LogP contribution in [0.5, 0.6) is 0 Å². The predicted molar refractivity (Wildman–Crippen MR) is 142 cm³/mol. The van der Waals surface area contributed by atoms with Crippen molar-refractivity contribution in [3.05, 3.63) is 77.9 Å². The Bertz CT molecular complexity index is 1160. The van der Waals surface area contributed by atoms with Gasteiger partial charge in [0.1, 0.15) is 11.9 Å². The molecule has 1 aliphatic heterocycles. The predicted octanol–water partition coefficient (Wildman–Crippen LogP) is 5.94. The zero-order valence-corrected chi connectivity index (χ0v) is 21.7. The molecule has 2 heterocycles. The van der Waals surface area contributed by atoms with Crippen molar-refractivity contribution >= 4 is 28.5 Å². The summed E-state index contributed by atoms with van der Waals surface area (Å²) >= 11 is 2.23. The summed E-state index contributed by atoms with van der Waals surface area (Å²) in [4.78, 5) is 6.63. The van der Waals surface area contributed by atoms with E-state index in [1.165, 1.54) is 16.7 Å². The number of benzene rings is 2. The molecule has 0 saturated carbocycles. The topological polar surface area (TPSA) is 54.1 Å². The third-order valence-corrected chi connectivity index (χ3v) is 7.19. The number of aromatic nitrogens is 2. The van der Waals surface area contributed by atoms with Gasteiger partial charge in [0.2, 0.25) is 0 Å². The van der Waals surface area contributed by atoms with Crippen LogP contribution in [0.3, 0.4) is 0 Å². The Hall–Kier alpha value is -2.22. The van der Waals surface area contributed by atoms with Crippen LogP contribution in [0.1, 0.15) is 42.3 Å². The minimum Gasteiger partial charge on any atom is -0.341 e. The van der Waals surface area contributed by atoms with Crippen molar-refractivity contribution in [1.29, 1.82) is 5.26 Å². The summed E-state index contributed by atoms with van der Waals surface area (Å²) in [6, 6.07) is 19.5. The van der Waals surface area contributed by atoms with Crippen LogP contribution in [0.15, 0.2) is 60.9 Å². The van der Waals surface area contributed by atoms with E-state index in [0.29, 0.717) is 25.5 Å². The molecule has 0 N–H and O–H groups in total. The first-order valence-electron chi connectivity index (χ1n) is 11.0. The van der Waals surface area contributed by atoms with E-state index >= 15 is 0 Å². The number of imidazole rings is 1. The average Bonchev–Trinajstić information content (AvgIpc) is 3.50. The molecule has 0 bridgehead atoms. The van der Waals surface area contributed by atoms with Crippen LogP contribution in [0.2, 0.25) is 0 Å². The van der Waals surface area contributed by atoms with Crippen LogP contribution in [-0.2, 0) is 11.1 Å². The molecule has 1 aliphatic rings. The molecule has 1 saturated heterocycles. The summed E-state index contributed by atoms with van der Waals surface area (Å²) < 4.78 is 7.70. The molecule has 3 unspecified atom stereocenters. The highest BCUT2D eigenvalue weighted by Crippen LogP contribution is 2.31. The summed E-state index contributed by atoms with van der Waals surface area (Å²) in [5.74, 6) is 7.93. The molecular weight excluding hydrogens is 542 g/mol. The Balaban J connectivity index is 1.37. The lowest BCUT2D eigenvalue weighted by Gasteiger charge is -2.13. The molecule has 7 heteroatoms. The summed E-state index contributed by atoms with van der Waals surface area (Å²) in [6.45, 7) is 5.52. The maximum atomic E-state index is 8.90. The van der Waals surface area contributed by atoms with Crippen molar-refractivity contribution in [1.82, 2.24) is 14.5 Å². The number of rotatable bonds is 7. The van der Waals surface area contributed by atoms with Gasteiger partial charge in [0.05, 0.1) is 25.6 Å². The van der Waals surface area contributed by atoms with Gasteiger partial charge in [-0.2, -0.15) is 5.26 Å². The molecule has 0 radical (unpaired) electrons. The van der Waals surface area contributed by atoms with Crippen molar-refractivity contribution in [2.45, 2.75) is 31.9 Å². The Morgan fingerprint density at radius 1 is 1.15 bits per heavy atom. The summed E-state index contributed by atoms with van der Waals surface area (Å²) in [5, 5.41) is 8.90. The molecule has 0 amide bonds. The maximum Gasteiger partial charge on any atom is 0.138 e. The Morgan fingerprint density at radius 3 is 2.58 bits per heavy atom. The number of hydrogen-bond donors (Lipinski definition) is 0. The summed E-state index contributed by atoms with van der Waals surface area (Å²) in [6.07, 6.45) is 4.83. The lowest BCUT2D eigenvalue weighted by atomic mass is 9.95. The number of nitriles is 1. The zero-order valence-electron chi connectivity index (χ0n) is 18.5. The molecule has 0 spiro atoms. The SMILES string of the molecule is CC(OPI)c1nccn1CC#Cc1ccc(-c2ccc(C3CCN(CC#N)C3)cc2)cc1. The van der Waals surface area contributed by atoms with Crippen molar-refractivity contribution in [2.24, 2.45) is 0 Å². The molecule has 4 rings (SSSR count). The van der Waals surface area contributed by atoms with Gasteiger partial charge in [-0.1, -0.05) is 48.2 Å². The molecule has 168 valence electrons. The molecule has 1 fully saturated rings. The fourth-order valence-corrected chi connectivity index (χ4v) is 5.58. The fourth-order valence-electron chi connectivity index (χ4n) is 4.20. The second kappa shape index (κ2) is 11.8. The monoisotopic (exact) mass is 568 g/mol. The number of likely N-dealkylation sites (tertiary alicyclic amines) is 1. The fraction of sp³-hybridized carbons (Fsp3) is 0.308. The molecule has 33 heavy (non-hydrogen) atoms. The van der Waals surface area contributed by atoms with Gasteiger partial charge in [-0.15, -0.1) is 0 Å². The number of hydrogen-bond acceptors (Lipinski definition) is 4. The van der Waals surface area contributed by atoms with Crippen LogP contribution in [-0.4, -0.2) is 34.1 Å². The van der Waals surface area contributed by atoms with E-state index in [1.54, 1.807) is 6.20 Å². The quantitative estimate of drug-likeness (QED) is 0.153. The van der Waals surface area contributed by atoms with Crippen LogP contribution in [0.25, 0.3) is 11.1 Å². The van der Waals surface area contributed by atoms with Crippen molar-refractivity contribution in [3.63, 3.8) is 0 Å². The van der Waals surface area contributed by atoms with Gasteiger partial charge in [-0.3, -0.25) is 4.90 Å². The van der Waals surface area contributed by atoms with Crippen molar-refractivity contribution < 1.29 is 4.52 Å². The first kappa shape index (κ1) is 23.9. The average molecular weight is 568 g/mol. The van der Waals surface area contributed by atoms with Crippen LogP contribution >= 0.6 is 28.5 Å². The van der Waals surface area contributed by atoms with Gasteiger partial charge in [-0.05, 0) is 76.7 Å². The molecule has 3 aromatic rings. The van der Waals surface area contributed by atoms with Gasteiger partial charge in [-0.25, -0.2) is 4.98 Å². The largest absolute Gasteiger partial charge is 0.341 e. The minimum absolute atomic E-state index is 0.0344. The Labute approximate surface area is 210 Å². The highest BCUT2D eigenvalue weighted by atomic mass is 127. The first-order chi connectivity index (χ1) is 16.2. The molecule has 1 aromatic heterocycles. The molecule has 0 aliphatic carbocycles. The van der Waals surface area contributed by atoms with E-state index in [0.717, 1.165) is 30.9 Å². The normalized spacial score (nSPS) is 17.1. The second-order valence-corrected chi connectivity index (χ2v) is 9.84.